The van der Waals surface area contributed by atoms with Crippen molar-refractivity contribution in [2.45, 2.75) is 51.7 Å². The summed E-state index contributed by atoms with van der Waals surface area (Å²) < 4.78 is 1.91. The first-order valence-corrected chi connectivity index (χ1v) is 7.65. The van der Waals surface area contributed by atoms with Crippen molar-refractivity contribution < 1.29 is 5.11 Å². The van der Waals surface area contributed by atoms with Gasteiger partial charge in [-0.25, -0.2) is 4.98 Å². The highest BCUT2D eigenvalue weighted by Gasteiger charge is 2.13. The summed E-state index contributed by atoms with van der Waals surface area (Å²) >= 11 is 0. The Bertz CT molecular complexity index is 585. The zero-order valence-electron chi connectivity index (χ0n) is 13.7. The maximum atomic E-state index is 9.71. The molecule has 0 aliphatic carbocycles. The van der Waals surface area contributed by atoms with Gasteiger partial charge in [-0.05, 0) is 52.2 Å². The summed E-state index contributed by atoms with van der Waals surface area (Å²) in [5, 5.41) is 21.5. The molecule has 6 nitrogen and oxygen atoms in total. The molecule has 0 fully saturated rings. The number of aliphatic hydroxyl groups is 1. The molecule has 0 radical (unpaired) electrons. The summed E-state index contributed by atoms with van der Waals surface area (Å²) in [5.41, 5.74) is 0.163. The number of imidazole rings is 1. The molecule has 6 heteroatoms. The van der Waals surface area contributed by atoms with Gasteiger partial charge in [0.2, 0.25) is 0 Å². The minimum atomic E-state index is -0.594. The van der Waals surface area contributed by atoms with E-state index < -0.39 is 5.60 Å². The highest BCUT2D eigenvalue weighted by atomic mass is 16.3. The van der Waals surface area contributed by atoms with E-state index in [1.807, 2.05) is 43.8 Å². The minimum absolute atomic E-state index is 0.288. The van der Waals surface area contributed by atoms with Gasteiger partial charge in [0.15, 0.2) is 5.82 Å². The standard InChI is InChI=1S/C16H25N5O/c1-12(6-5-9-16(2,3)22)18-14-8-7-13(19-20-14)15-17-10-11-21(15)4/h7-8,10-12,22H,5-6,9H2,1-4H3,(H,18,20). The first-order chi connectivity index (χ1) is 10.3. The van der Waals surface area contributed by atoms with E-state index >= 15 is 0 Å². The second kappa shape index (κ2) is 6.87. The Hall–Kier alpha value is -1.95. The quantitative estimate of drug-likeness (QED) is 0.822. The van der Waals surface area contributed by atoms with Crippen LogP contribution >= 0.6 is 0 Å². The third kappa shape index (κ3) is 4.80. The summed E-state index contributed by atoms with van der Waals surface area (Å²) in [6, 6.07) is 4.13. The van der Waals surface area contributed by atoms with Gasteiger partial charge in [0.25, 0.3) is 0 Å². The molecule has 1 unspecified atom stereocenters. The fraction of sp³-hybridized carbons (Fsp3) is 0.562. The predicted molar refractivity (Wildman–Crippen MR) is 87.5 cm³/mol. The molecular weight excluding hydrogens is 278 g/mol. The molecule has 0 saturated carbocycles. The molecule has 0 aliphatic heterocycles. The van der Waals surface area contributed by atoms with Gasteiger partial charge < -0.3 is 15.0 Å². The summed E-state index contributed by atoms with van der Waals surface area (Å²) in [6.45, 7) is 5.79. The number of rotatable bonds is 7. The summed E-state index contributed by atoms with van der Waals surface area (Å²) in [6.07, 6.45) is 6.37. The van der Waals surface area contributed by atoms with Crippen LogP contribution in [0.1, 0.15) is 40.0 Å². The fourth-order valence-electron chi connectivity index (χ4n) is 2.31. The highest BCUT2D eigenvalue weighted by molar-refractivity contribution is 5.51. The SMILES string of the molecule is CC(CCCC(C)(C)O)Nc1ccc(-c2nccn2C)nn1. The van der Waals surface area contributed by atoms with E-state index in [-0.39, 0.29) is 6.04 Å². The first-order valence-electron chi connectivity index (χ1n) is 7.65. The molecule has 2 aromatic heterocycles. The maximum Gasteiger partial charge on any atom is 0.160 e. The lowest BCUT2D eigenvalue weighted by molar-refractivity contribution is 0.0680. The van der Waals surface area contributed by atoms with Gasteiger partial charge >= 0.3 is 0 Å². The van der Waals surface area contributed by atoms with Crippen LogP contribution in [0, 0.1) is 0 Å². The molecule has 0 aliphatic rings. The summed E-state index contributed by atoms with van der Waals surface area (Å²) in [7, 11) is 1.93. The molecule has 0 saturated heterocycles. The van der Waals surface area contributed by atoms with Gasteiger partial charge in [-0.15, -0.1) is 10.2 Å². The molecule has 120 valence electrons. The molecule has 22 heavy (non-hydrogen) atoms. The molecule has 2 aromatic rings. The number of hydrogen-bond acceptors (Lipinski definition) is 5. The van der Waals surface area contributed by atoms with Crippen molar-refractivity contribution in [1.82, 2.24) is 19.7 Å². The molecule has 2 rings (SSSR count). The van der Waals surface area contributed by atoms with Crippen molar-refractivity contribution >= 4 is 5.82 Å². The Labute approximate surface area is 131 Å². The van der Waals surface area contributed by atoms with Crippen LogP contribution in [-0.4, -0.2) is 36.5 Å². The largest absolute Gasteiger partial charge is 0.390 e. The fourth-order valence-corrected chi connectivity index (χ4v) is 2.31. The van der Waals surface area contributed by atoms with Gasteiger partial charge in [-0.1, -0.05) is 0 Å². The third-order valence-corrected chi connectivity index (χ3v) is 3.53. The van der Waals surface area contributed by atoms with Crippen LogP contribution in [0.2, 0.25) is 0 Å². The monoisotopic (exact) mass is 303 g/mol. The number of nitrogens with one attached hydrogen (secondary N) is 1. The smallest absolute Gasteiger partial charge is 0.160 e. The average molecular weight is 303 g/mol. The normalized spacial score (nSPS) is 13.1. The van der Waals surface area contributed by atoms with Crippen LogP contribution in [-0.2, 0) is 7.05 Å². The van der Waals surface area contributed by atoms with Gasteiger partial charge in [-0.2, -0.15) is 0 Å². The van der Waals surface area contributed by atoms with Crippen molar-refractivity contribution in [1.29, 1.82) is 0 Å². The lowest BCUT2D eigenvalue weighted by Gasteiger charge is -2.19. The van der Waals surface area contributed by atoms with E-state index in [4.69, 9.17) is 0 Å². The van der Waals surface area contributed by atoms with Crippen LogP contribution in [0.25, 0.3) is 11.5 Å². The predicted octanol–water partition coefficient (Wildman–Crippen LogP) is 2.62. The van der Waals surface area contributed by atoms with Crippen LogP contribution in [0.3, 0.4) is 0 Å². The van der Waals surface area contributed by atoms with Gasteiger partial charge in [0.1, 0.15) is 11.5 Å². The van der Waals surface area contributed by atoms with Crippen molar-refractivity contribution in [2.75, 3.05) is 5.32 Å². The highest BCUT2D eigenvalue weighted by Crippen LogP contribution is 2.17. The summed E-state index contributed by atoms with van der Waals surface area (Å²) in [4.78, 5) is 4.26. The van der Waals surface area contributed by atoms with Crippen LogP contribution in [0.4, 0.5) is 5.82 Å². The molecule has 2 heterocycles. The number of hydrogen-bond donors (Lipinski definition) is 2. The molecule has 0 aromatic carbocycles. The molecule has 0 spiro atoms. The van der Waals surface area contributed by atoms with E-state index in [9.17, 15) is 5.11 Å². The Balaban J connectivity index is 1.87. The second-order valence-corrected chi connectivity index (χ2v) is 6.42. The third-order valence-electron chi connectivity index (χ3n) is 3.53. The molecule has 2 N–H and O–H groups in total. The van der Waals surface area contributed by atoms with Crippen LogP contribution < -0.4 is 5.32 Å². The van der Waals surface area contributed by atoms with Gasteiger partial charge in [-0.3, -0.25) is 0 Å². The topological polar surface area (TPSA) is 75.9 Å². The zero-order valence-corrected chi connectivity index (χ0v) is 13.7. The van der Waals surface area contributed by atoms with Crippen LogP contribution in [0.15, 0.2) is 24.5 Å². The van der Waals surface area contributed by atoms with Crippen molar-refractivity contribution in [3.05, 3.63) is 24.5 Å². The Morgan fingerprint density at radius 3 is 2.64 bits per heavy atom. The lowest BCUT2D eigenvalue weighted by Crippen LogP contribution is -2.21. The van der Waals surface area contributed by atoms with Crippen molar-refractivity contribution in [2.24, 2.45) is 7.05 Å². The second-order valence-electron chi connectivity index (χ2n) is 6.42. The van der Waals surface area contributed by atoms with Gasteiger partial charge in [0.05, 0.1) is 5.60 Å². The number of nitrogens with zero attached hydrogens (tertiary/aromatic N) is 4. The molecule has 1 atom stereocenters. The molecular formula is C16H25N5O. The number of aromatic nitrogens is 4. The number of anilines is 1. The van der Waals surface area contributed by atoms with E-state index in [1.54, 1.807) is 6.20 Å². The molecule has 0 bridgehead atoms. The lowest BCUT2D eigenvalue weighted by atomic mass is 10.00. The van der Waals surface area contributed by atoms with Gasteiger partial charge in [0, 0.05) is 25.5 Å². The number of aryl methyl sites for hydroxylation is 1. The average Bonchev–Trinajstić information content (AvgIpc) is 2.84. The Kier molecular flexibility index (Phi) is 5.13. The minimum Gasteiger partial charge on any atom is -0.390 e. The van der Waals surface area contributed by atoms with E-state index in [1.165, 1.54) is 0 Å². The van der Waals surface area contributed by atoms with Crippen molar-refractivity contribution in [3.8, 4) is 11.5 Å². The maximum absolute atomic E-state index is 9.71. The van der Waals surface area contributed by atoms with Crippen molar-refractivity contribution in [3.63, 3.8) is 0 Å². The Morgan fingerprint density at radius 1 is 1.32 bits per heavy atom. The first kappa shape index (κ1) is 16.4. The summed E-state index contributed by atoms with van der Waals surface area (Å²) in [5.74, 6) is 1.56. The van der Waals surface area contributed by atoms with E-state index in [0.717, 1.165) is 36.6 Å². The zero-order chi connectivity index (χ0) is 16.2. The van der Waals surface area contributed by atoms with E-state index in [0.29, 0.717) is 0 Å². The van der Waals surface area contributed by atoms with Crippen LogP contribution in [0.5, 0.6) is 0 Å². The Morgan fingerprint density at radius 2 is 2.09 bits per heavy atom. The van der Waals surface area contributed by atoms with E-state index in [2.05, 4.69) is 27.4 Å². The molecule has 0 amide bonds.